The Morgan fingerprint density at radius 3 is 2.96 bits per heavy atom. The van der Waals surface area contributed by atoms with Crippen LogP contribution >= 0.6 is 0 Å². The van der Waals surface area contributed by atoms with Gasteiger partial charge in [0.2, 0.25) is 5.91 Å². The SMILES string of the molecule is O=C(C/C=C/c1ccccc1F)N[C@@H]1CC(Cn2cccn2)C[C@H]1O. The van der Waals surface area contributed by atoms with Crippen molar-refractivity contribution in [3.63, 3.8) is 0 Å². The molecule has 0 saturated heterocycles. The lowest BCUT2D eigenvalue weighted by molar-refractivity contribution is -0.121. The number of aliphatic hydroxyl groups is 1. The fraction of sp³-hybridized carbons (Fsp3) is 0.368. The number of nitrogens with zero attached hydrogens (tertiary/aromatic N) is 2. The molecule has 0 bridgehead atoms. The molecule has 1 amide bonds. The summed E-state index contributed by atoms with van der Waals surface area (Å²) in [6.45, 7) is 0.740. The van der Waals surface area contributed by atoms with E-state index >= 15 is 0 Å². The van der Waals surface area contributed by atoms with Crippen molar-refractivity contribution in [1.82, 2.24) is 15.1 Å². The number of halogens is 1. The lowest BCUT2D eigenvalue weighted by atomic mass is 10.1. The van der Waals surface area contributed by atoms with Gasteiger partial charge in [0.25, 0.3) is 0 Å². The first-order chi connectivity index (χ1) is 12.1. The fourth-order valence-electron chi connectivity index (χ4n) is 3.26. The summed E-state index contributed by atoms with van der Waals surface area (Å²) in [4.78, 5) is 12.1. The second-order valence-electron chi connectivity index (χ2n) is 6.43. The molecular formula is C19H22FN3O2. The molecule has 5 nitrogen and oxygen atoms in total. The summed E-state index contributed by atoms with van der Waals surface area (Å²) in [5, 5.41) is 17.2. The van der Waals surface area contributed by atoms with Crippen molar-refractivity contribution in [1.29, 1.82) is 0 Å². The highest BCUT2D eigenvalue weighted by Gasteiger charge is 2.33. The predicted octanol–water partition coefficient (Wildman–Crippen LogP) is 2.38. The number of benzene rings is 1. The summed E-state index contributed by atoms with van der Waals surface area (Å²) in [6, 6.07) is 8.04. The number of amides is 1. The zero-order valence-electron chi connectivity index (χ0n) is 13.9. The standard InChI is InChI=1S/C19H22FN3O2/c20-16-7-2-1-5-15(16)6-3-8-19(25)22-17-11-14(12-18(17)24)13-23-10-4-9-21-23/h1-7,9-10,14,17-18,24H,8,11-13H2,(H,22,25)/b6-3+/t14?,17-,18-/m1/s1. The van der Waals surface area contributed by atoms with Crippen LogP contribution in [0.3, 0.4) is 0 Å². The van der Waals surface area contributed by atoms with Crippen LogP contribution in [0, 0.1) is 11.7 Å². The summed E-state index contributed by atoms with van der Waals surface area (Å²) in [7, 11) is 0. The quantitative estimate of drug-likeness (QED) is 0.846. The van der Waals surface area contributed by atoms with Crippen LogP contribution in [0.2, 0.25) is 0 Å². The zero-order valence-corrected chi connectivity index (χ0v) is 13.9. The minimum absolute atomic E-state index is 0.154. The number of aliphatic hydroxyl groups excluding tert-OH is 1. The van der Waals surface area contributed by atoms with E-state index in [-0.39, 0.29) is 30.1 Å². The molecule has 1 fully saturated rings. The molecule has 1 aromatic heterocycles. The lowest BCUT2D eigenvalue weighted by Crippen LogP contribution is -2.39. The monoisotopic (exact) mass is 343 g/mol. The van der Waals surface area contributed by atoms with Gasteiger partial charge in [0.1, 0.15) is 5.82 Å². The minimum Gasteiger partial charge on any atom is -0.391 e. The maximum atomic E-state index is 13.5. The maximum absolute atomic E-state index is 13.5. The molecule has 132 valence electrons. The second kappa shape index (κ2) is 8.07. The number of carbonyl (C=O) groups is 1. The van der Waals surface area contributed by atoms with Crippen LogP contribution in [-0.2, 0) is 11.3 Å². The van der Waals surface area contributed by atoms with Crippen LogP contribution < -0.4 is 5.32 Å². The van der Waals surface area contributed by atoms with Crippen LogP contribution in [-0.4, -0.2) is 32.9 Å². The second-order valence-corrected chi connectivity index (χ2v) is 6.43. The summed E-state index contributed by atoms with van der Waals surface area (Å²) in [5.41, 5.74) is 0.454. The van der Waals surface area contributed by atoms with E-state index in [0.717, 1.165) is 13.0 Å². The smallest absolute Gasteiger partial charge is 0.224 e. The molecule has 1 unspecified atom stereocenters. The third kappa shape index (κ3) is 4.76. The van der Waals surface area contributed by atoms with Gasteiger partial charge in [0, 0.05) is 30.9 Å². The molecule has 2 N–H and O–H groups in total. The van der Waals surface area contributed by atoms with Gasteiger partial charge in [-0.2, -0.15) is 5.10 Å². The molecular weight excluding hydrogens is 321 g/mol. The van der Waals surface area contributed by atoms with E-state index in [2.05, 4.69) is 10.4 Å². The lowest BCUT2D eigenvalue weighted by Gasteiger charge is -2.15. The zero-order chi connectivity index (χ0) is 17.6. The Kier molecular flexibility index (Phi) is 5.60. The van der Waals surface area contributed by atoms with Gasteiger partial charge in [-0.3, -0.25) is 9.48 Å². The highest BCUT2D eigenvalue weighted by molar-refractivity contribution is 5.78. The highest BCUT2D eigenvalue weighted by Crippen LogP contribution is 2.27. The largest absolute Gasteiger partial charge is 0.391 e. The van der Waals surface area contributed by atoms with Crippen LogP contribution in [0.25, 0.3) is 6.08 Å². The van der Waals surface area contributed by atoms with Crippen molar-refractivity contribution < 1.29 is 14.3 Å². The molecule has 6 heteroatoms. The third-order valence-corrected chi connectivity index (χ3v) is 4.48. The summed E-state index contributed by atoms with van der Waals surface area (Å²) in [5.74, 6) is -0.197. The molecule has 1 heterocycles. The summed E-state index contributed by atoms with van der Waals surface area (Å²) >= 11 is 0. The van der Waals surface area contributed by atoms with Crippen LogP contribution in [0.5, 0.6) is 0 Å². The number of nitrogens with one attached hydrogen (secondary N) is 1. The number of hydrogen-bond donors (Lipinski definition) is 2. The van der Waals surface area contributed by atoms with Gasteiger partial charge in [0.15, 0.2) is 0 Å². The van der Waals surface area contributed by atoms with Crippen LogP contribution in [0.4, 0.5) is 4.39 Å². The molecule has 3 atom stereocenters. The number of rotatable bonds is 6. The molecule has 0 radical (unpaired) electrons. The number of carbonyl (C=O) groups excluding carboxylic acids is 1. The Labute approximate surface area is 146 Å². The first-order valence-electron chi connectivity index (χ1n) is 8.48. The molecule has 0 aliphatic heterocycles. The summed E-state index contributed by atoms with van der Waals surface area (Å²) < 4.78 is 15.3. The van der Waals surface area contributed by atoms with E-state index < -0.39 is 6.10 Å². The molecule has 1 aliphatic carbocycles. The number of aromatic nitrogens is 2. The molecule has 1 aromatic carbocycles. The van der Waals surface area contributed by atoms with Crippen LogP contribution in [0.1, 0.15) is 24.8 Å². The molecule has 1 aliphatic rings. The normalized spacial score (nSPS) is 23.2. The molecule has 25 heavy (non-hydrogen) atoms. The first kappa shape index (κ1) is 17.4. The van der Waals surface area contributed by atoms with Crippen molar-refractivity contribution in [3.8, 4) is 0 Å². The average Bonchev–Trinajstić information content (AvgIpc) is 3.20. The van der Waals surface area contributed by atoms with E-state index in [1.165, 1.54) is 6.07 Å². The Morgan fingerprint density at radius 2 is 2.20 bits per heavy atom. The van der Waals surface area contributed by atoms with Crippen molar-refractivity contribution in [2.24, 2.45) is 5.92 Å². The molecule has 1 saturated carbocycles. The minimum atomic E-state index is -0.542. The van der Waals surface area contributed by atoms with Gasteiger partial charge in [-0.25, -0.2) is 4.39 Å². The Hall–Kier alpha value is -2.47. The first-order valence-corrected chi connectivity index (χ1v) is 8.48. The van der Waals surface area contributed by atoms with Gasteiger partial charge < -0.3 is 10.4 Å². The molecule has 0 spiro atoms. The van der Waals surface area contributed by atoms with Gasteiger partial charge in [-0.05, 0) is 30.9 Å². The highest BCUT2D eigenvalue weighted by atomic mass is 19.1. The predicted molar refractivity (Wildman–Crippen MR) is 92.9 cm³/mol. The molecule has 3 rings (SSSR count). The fourth-order valence-corrected chi connectivity index (χ4v) is 3.26. The van der Waals surface area contributed by atoms with Crippen molar-refractivity contribution in [2.45, 2.75) is 38.0 Å². The van der Waals surface area contributed by atoms with E-state index in [0.29, 0.717) is 12.0 Å². The van der Waals surface area contributed by atoms with Gasteiger partial charge in [-0.15, -0.1) is 0 Å². The van der Waals surface area contributed by atoms with Crippen LogP contribution in [0.15, 0.2) is 48.8 Å². The van der Waals surface area contributed by atoms with Crippen molar-refractivity contribution in [2.75, 3.05) is 0 Å². The summed E-state index contributed by atoms with van der Waals surface area (Å²) in [6.07, 6.45) is 7.84. The van der Waals surface area contributed by atoms with E-state index in [9.17, 15) is 14.3 Å². The van der Waals surface area contributed by atoms with Gasteiger partial charge in [0.05, 0.1) is 12.1 Å². The van der Waals surface area contributed by atoms with Gasteiger partial charge in [-0.1, -0.05) is 30.4 Å². The Bertz CT molecular complexity index is 730. The van der Waals surface area contributed by atoms with E-state index in [4.69, 9.17) is 0 Å². The average molecular weight is 343 g/mol. The Morgan fingerprint density at radius 1 is 1.36 bits per heavy atom. The maximum Gasteiger partial charge on any atom is 0.224 e. The van der Waals surface area contributed by atoms with E-state index in [1.54, 1.807) is 36.5 Å². The topological polar surface area (TPSA) is 67.2 Å². The third-order valence-electron chi connectivity index (χ3n) is 4.48. The number of hydrogen-bond acceptors (Lipinski definition) is 3. The van der Waals surface area contributed by atoms with Crippen molar-refractivity contribution in [3.05, 3.63) is 60.2 Å². The Balaban J connectivity index is 1.47. The molecule has 2 aromatic rings. The van der Waals surface area contributed by atoms with E-state index in [1.807, 2.05) is 16.9 Å². The van der Waals surface area contributed by atoms with Gasteiger partial charge >= 0.3 is 0 Å². The van der Waals surface area contributed by atoms with Crippen molar-refractivity contribution >= 4 is 12.0 Å².